The average molecular weight is 743 g/mol. The molecule has 6 aromatic rings. The van der Waals surface area contributed by atoms with Crippen molar-refractivity contribution in [1.29, 1.82) is 5.26 Å². The maximum atomic E-state index is 14.8. The lowest BCUT2D eigenvalue weighted by atomic mass is 10.1. The van der Waals surface area contributed by atoms with Crippen molar-refractivity contribution in [3.8, 4) is 17.2 Å². The van der Waals surface area contributed by atoms with Crippen LogP contribution in [0.15, 0.2) is 149 Å². The summed E-state index contributed by atoms with van der Waals surface area (Å²) in [4.78, 5) is 41.3. The molecule has 1 aromatic heterocycles. The minimum atomic E-state index is -0.732. The number of benzene rings is 5. The summed E-state index contributed by atoms with van der Waals surface area (Å²) in [5, 5.41) is 20.0. The lowest BCUT2D eigenvalue weighted by molar-refractivity contribution is -0.116. The molecule has 1 unspecified atom stereocenters. The quantitative estimate of drug-likeness (QED) is 0.0904. The third-order valence-electron chi connectivity index (χ3n) is 7.73. The van der Waals surface area contributed by atoms with Crippen molar-refractivity contribution >= 4 is 69.2 Å². The highest BCUT2D eigenvalue weighted by molar-refractivity contribution is 8.00. The summed E-state index contributed by atoms with van der Waals surface area (Å²) in [6.45, 7) is 0. The van der Waals surface area contributed by atoms with Crippen molar-refractivity contribution < 1.29 is 18.8 Å². The van der Waals surface area contributed by atoms with Crippen LogP contribution in [0.2, 0.25) is 5.02 Å². The molecular weight excluding hydrogens is 715 g/mol. The molecule has 0 saturated carbocycles. The standard InChI is InChI=1S/C41H28ClFN4O3S2/c42-34-20-11-21-35(43)31(34)23-36(46-38(48)28-16-8-3-9-17-28)39(49)45-29-18-10-19-30(22-29)52-37(27-14-6-2-7-15-27)40(50)47-41-32(24-44)33(25-51-41)26-12-4-1-5-13-26/h1-23,25,37H,(H,45,49)(H,46,48)(H,47,50)/b36-23+. The van der Waals surface area contributed by atoms with Crippen LogP contribution in [0.1, 0.15) is 32.3 Å². The first kappa shape index (κ1) is 35.8. The number of thiophene rings is 1. The van der Waals surface area contributed by atoms with Crippen molar-refractivity contribution in [1.82, 2.24) is 5.32 Å². The van der Waals surface area contributed by atoms with Crippen LogP contribution < -0.4 is 16.0 Å². The molecule has 0 aliphatic rings. The Morgan fingerprint density at radius 2 is 1.50 bits per heavy atom. The van der Waals surface area contributed by atoms with Gasteiger partial charge in [-0.3, -0.25) is 14.4 Å². The number of hydrogen-bond donors (Lipinski definition) is 3. The summed E-state index contributed by atoms with van der Waals surface area (Å²) < 4.78 is 14.8. The molecule has 7 nitrogen and oxygen atoms in total. The van der Waals surface area contributed by atoms with Gasteiger partial charge in [-0.2, -0.15) is 5.26 Å². The highest BCUT2D eigenvalue weighted by Crippen LogP contribution is 2.40. The molecule has 0 bridgehead atoms. The van der Waals surface area contributed by atoms with Crippen molar-refractivity contribution in [3.63, 3.8) is 0 Å². The fourth-order valence-corrected chi connectivity index (χ4v) is 7.41. The zero-order chi connectivity index (χ0) is 36.5. The van der Waals surface area contributed by atoms with Crippen LogP contribution in [0.3, 0.4) is 0 Å². The third-order valence-corrected chi connectivity index (χ3v) is 10.2. The molecule has 256 valence electrons. The largest absolute Gasteiger partial charge is 0.321 e. The van der Waals surface area contributed by atoms with Gasteiger partial charge in [0.2, 0.25) is 5.91 Å². The maximum absolute atomic E-state index is 14.8. The number of hydrogen-bond acceptors (Lipinski definition) is 6. The number of halogens is 2. The van der Waals surface area contributed by atoms with Gasteiger partial charge in [0.15, 0.2) is 0 Å². The van der Waals surface area contributed by atoms with Crippen LogP contribution in [0.4, 0.5) is 15.1 Å². The normalized spacial score (nSPS) is 11.6. The van der Waals surface area contributed by atoms with Crippen LogP contribution >= 0.6 is 34.7 Å². The van der Waals surface area contributed by atoms with E-state index in [4.69, 9.17) is 11.6 Å². The topological polar surface area (TPSA) is 111 Å². The van der Waals surface area contributed by atoms with Gasteiger partial charge >= 0.3 is 0 Å². The summed E-state index contributed by atoms with van der Waals surface area (Å²) in [7, 11) is 0. The summed E-state index contributed by atoms with van der Waals surface area (Å²) >= 11 is 8.79. The predicted molar refractivity (Wildman–Crippen MR) is 207 cm³/mol. The van der Waals surface area contributed by atoms with E-state index >= 15 is 0 Å². The van der Waals surface area contributed by atoms with E-state index in [1.165, 1.54) is 47.4 Å². The number of nitrogens with zero attached hydrogens (tertiary/aromatic N) is 1. The van der Waals surface area contributed by atoms with Gasteiger partial charge in [0.05, 0.1) is 10.6 Å². The number of amides is 3. The Bertz CT molecular complexity index is 2290. The van der Waals surface area contributed by atoms with Crippen molar-refractivity contribution in [3.05, 3.63) is 178 Å². The number of rotatable bonds is 11. The molecule has 0 spiro atoms. The predicted octanol–water partition coefficient (Wildman–Crippen LogP) is 9.96. The molecule has 0 aliphatic carbocycles. The van der Waals surface area contributed by atoms with Crippen molar-refractivity contribution in [2.45, 2.75) is 10.1 Å². The van der Waals surface area contributed by atoms with E-state index in [0.717, 1.165) is 16.7 Å². The first-order valence-corrected chi connectivity index (χ1v) is 18.0. The summed E-state index contributed by atoms with van der Waals surface area (Å²) in [6.07, 6.45) is 1.19. The Kier molecular flexibility index (Phi) is 11.6. The molecule has 1 heterocycles. The number of nitrogens with one attached hydrogen (secondary N) is 3. The Balaban J connectivity index is 1.25. The lowest BCUT2D eigenvalue weighted by Crippen LogP contribution is -2.30. The monoisotopic (exact) mass is 742 g/mol. The van der Waals surface area contributed by atoms with Crippen LogP contribution in [-0.2, 0) is 9.59 Å². The second-order valence-electron chi connectivity index (χ2n) is 11.2. The smallest absolute Gasteiger partial charge is 0.272 e. The van der Waals surface area contributed by atoms with Gasteiger partial charge in [0, 0.05) is 32.7 Å². The SMILES string of the molecule is N#Cc1c(-c2ccccc2)csc1NC(=O)C(Sc1cccc(NC(=O)/C(=C\c2c(F)cccc2Cl)NC(=O)c2ccccc2)c1)c1ccccc1. The van der Waals surface area contributed by atoms with Crippen LogP contribution in [0.25, 0.3) is 17.2 Å². The minimum Gasteiger partial charge on any atom is -0.321 e. The fourth-order valence-electron chi connectivity index (χ4n) is 5.19. The van der Waals surface area contributed by atoms with Crippen LogP contribution in [0, 0.1) is 17.1 Å². The minimum absolute atomic E-state index is 0.0589. The van der Waals surface area contributed by atoms with Gasteiger partial charge in [-0.25, -0.2) is 4.39 Å². The van der Waals surface area contributed by atoms with Gasteiger partial charge in [-0.15, -0.1) is 23.1 Å². The first-order valence-electron chi connectivity index (χ1n) is 15.8. The molecule has 0 aliphatic heterocycles. The number of anilines is 2. The van der Waals surface area contributed by atoms with Gasteiger partial charge in [0.25, 0.3) is 11.8 Å². The zero-order valence-corrected chi connectivity index (χ0v) is 29.6. The summed E-state index contributed by atoms with van der Waals surface area (Å²) in [5.74, 6) is -2.30. The number of carbonyl (C=O) groups excluding carboxylic acids is 3. The van der Waals surface area contributed by atoms with Crippen molar-refractivity contribution in [2.75, 3.05) is 10.6 Å². The summed E-state index contributed by atoms with van der Waals surface area (Å²) in [5.41, 5.74) is 3.08. The average Bonchev–Trinajstić information content (AvgIpc) is 3.58. The van der Waals surface area contributed by atoms with Crippen LogP contribution in [-0.4, -0.2) is 17.7 Å². The second kappa shape index (κ2) is 16.8. The van der Waals surface area contributed by atoms with Gasteiger partial charge in [0.1, 0.15) is 27.8 Å². The van der Waals surface area contributed by atoms with E-state index in [-0.39, 0.29) is 22.2 Å². The Morgan fingerprint density at radius 3 is 2.19 bits per heavy atom. The molecule has 5 aromatic carbocycles. The first-order chi connectivity index (χ1) is 25.3. The molecule has 0 radical (unpaired) electrons. The Hall–Kier alpha value is -5.99. The molecular formula is C41H28ClFN4O3S2. The molecule has 52 heavy (non-hydrogen) atoms. The van der Waals surface area contributed by atoms with Gasteiger partial charge < -0.3 is 16.0 Å². The fraction of sp³-hybridized carbons (Fsp3) is 0.0244. The van der Waals surface area contributed by atoms with Gasteiger partial charge in [-0.05, 0) is 59.7 Å². The maximum Gasteiger partial charge on any atom is 0.272 e. The van der Waals surface area contributed by atoms with E-state index in [9.17, 15) is 24.0 Å². The van der Waals surface area contributed by atoms with E-state index < -0.39 is 22.9 Å². The molecule has 6 rings (SSSR count). The van der Waals surface area contributed by atoms with Gasteiger partial charge in [-0.1, -0.05) is 103 Å². The van der Waals surface area contributed by atoms with Crippen molar-refractivity contribution in [2.24, 2.45) is 0 Å². The van der Waals surface area contributed by atoms with Crippen LogP contribution in [0.5, 0.6) is 0 Å². The van der Waals surface area contributed by atoms with E-state index in [1.807, 2.05) is 66.0 Å². The van der Waals surface area contributed by atoms with E-state index in [0.29, 0.717) is 26.7 Å². The Morgan fingerprint density at radius 1 is 0.827 bits per heavy atom. The highest BCUT2D eigenvalue weighted by Gasteiger charge is 2.25. The Labute approximate surface area is 312 Å². The highest BCUT2D eigenvalue weighted by atomic mass is 35.5. The summed E-state index contributed by atoms with van der Waals surface area (Å²) in [6, 6.07) is 40.2. The third kappa shape index (κ3) is 8.65. The van der Waals surface area contributed by atoms with E-state index in [2.05, 4.69) is 22.0 Å². The molecule has 11 heteroatoms. The molecule has 3 amide bonds. The lowest BCUT2D eigenvalue weighted by Gasteiger charge is -2.18. The molecule has 0 saturated heterocycles. The van der Waals surface area contributed by atoms with E-state index in [1.54, 1.807) is 54.6 Å². The second-order valence-corrected chi connectivity index (χ2v) is 13.7. The number of carbonyl (C=O) groups is 3. The number of thioether (sulfide) groups is 1. The molecule has 0 fully saturated rings. The molecule has 3 N–H and O–H groups in total. The molecule has 1 atom stereocenters. The number of nitriles is 1. The zero-order valence-electron chi connectivity index (χ0n) is 27.2.